The molecule has 3 aromatic carbocycles. The smallest absolute Gasteiger partial charge is 0.430 e. The highest BCUT2D eigenvalue weighted by atomic mass is 32.2. The number of nitrogens with zero attached hydrogens (tertiary/aromatic N) is 6. The molecule has 3 N–H and O–H groups in total. The molecule has 0 aliphatic carbocycles. The number of carbonyl (C=O) groups is 6. The van der Waals surface area contributed by atoms with E-state index in [1.54, 1.807) is 18.3 Å². The Bertz CT molecular complexity index is 3220. The number of rotatable bonds is 12. The number of nitrogens with one attached hydrogen (secondary N) is 2. The molecular weight excluding hydrogens is 962 g/mol. The fourth-order valence-electron chi connectivity index (χ4n) is 10.3. The molecule has 4 fully saturated rings. The molecule has 4 saturated heterocycles. The van der Waals surface area contributed by atoms with Gasteiger partial charge in [0.25, 0.3) is 5.91 Å². The van der Waals surface area contributed by atoms with Gasteiger partial charge in [0, 0.05) is 110 Å². The molecule has 2 aromatic heterocycles. The Labute approximate surface area is 410 Å². The fourth-order valence-corrected chi connectivity index (χ4v) is 11.8. The maximum Gasteiger partial charge on any atom is 0.430 e. The first kappa shape index (κ1) is 48.6. The molecule has 72 heavy (non-hydrogen) atoms. The Morgan fingerprint density at radius 2 is 1.71 bits per heavy atom. The molecule has 5 aromatic rings. The number of halogens is 3. The van der Waals surface area contributed by atoms with Gasteiger partial charge in [-0.15, -0.1) is 0 Å². The second-order valence-electron chi connectivity index (χ2n) is 20.1. The number of aromatic nitrogens is 2. The van der Waals surface area contributed by atoms with Gasteiger partial charge in [-0.1, -0.05) is 18.2 Å². The zero-order chi connectivity index (χ0) is 51.2. The van der Waals surface area contributed by atoms with Crippen LogP contribution in [0.25, 0.3) is 22.2 Å². The molecule has 4 amide bonds. The van der Waals surface area contributed by atoms with E-state index in [-0.39, 0.29) is 82.6 Å². The van der Waals surface area contributed by atoms with E-state index >= 15 is 8.78 Å². The largest absolute Gasteiger partial charge is 0.443 e. The molecule has 18 nitrogen and oxygen atoms in total. The zero-order valence-electron chi connectivity index (χ0n) is 39.3. The van der Waals surface area contributed by atoms with Crippen molar-refractivity contribution in [3.05, 3.63) is 113 Å². The first-order valence-electron chi connectivity index (χ1n) is 23.3. The molecule has 5 aliphatic rings. The van der Waals surface area contributed by atoms with Crippen LogP contribution in [-0.2, 0) is 31.1 Å². The van der Waals surface area contributed by atoms with Crippen LogP contribution in [0.2, 0.25) is 0 Å². The Kier molecular flexibility index (Phi) is 12.1. The van der Waals surface area contributed by atoms with Crippen molar-refractivity contribution in [1.82, 2.24) is 29.4 Å². The fraction of sp³-hybridized carbons (Fsp3) is 0.380. The molecule has 3 atom stereocenters. The lowest BCUT2D eigenvalue weighted by atomic mass is 9.72. The lowest BCUT2D eigenvalue weighted by Crippen LogP contribution is -2.73. The number of alkyl halides is 1. The molecule has 22 heteroatoms. The lowest BCUT2D eigenvalue weighted by molar-refractivity contribution is -0.136. The van der Waals surface area contributed by atoms with E-state index in [0.717, 1.165) is 18.8 Å². The van der Waals surface area contributed by atoms with Gasteiger partial charge in [-0.25, -0.2) is 22.9 Å². The number of hydrogen-bond acceptors (Lipinski definition) is 13. The standard InChI is InChI=1S/C50H49F3N8O10S/c1-49(2,3)71-48(68)61(72(69,70)59-15-14-31(51)21-59)37-11-10-36(52)41(42(37)53)44(65)35-19-55-45-34(35)17-29(18-54-45)27-4-7-32(8-5-27)58-25-50(26-58)23-57(24-50)22-39(62)43(64)28-6-9-33-30(16-28)20-60(47(33)67)38-12-13-40(63)56-46(38)66/h4-11,16-19,31,38-39,62H,12-15,20-26H2,1-3H3,(H,54,55)(H,56,63,66)/t31-,38?,39-/m1/s1. The summed E-state index contributed by atoms with van der Waals surface area (Å²) >= 11 is 0. The summed E-state index contributed by atoms with van der Waals surface area (Å²) in [5, 5.41) is 13.5. The number of pyridine rings is 1. The molecule has 7 heterocycles. The summed E-state index contributed by atoms with van der Waals surface area (Å²) in [5.74, 6) is -5.87. The van der Waals surface area contributed by atoms with Gasteiger partial charge in [0.05, 0.1) is 5.56 Å². The molecule has 5 aliphatic heterocycles. The van der Waals surface area contributed by atoms with Gasteiger partial charge >= 0.3 is 16.3 Å². The number of aromatic amines is 1. The minimum absolute atomic E-state index is 0.00927. The number of ketones is 2. The quantitative estimate of drug-likeness (QED) is 0.112. The number of ether oxygens (including phenoxy) is 1. The molecule has 0 radical (unpaired) electrons. The molecule has 0 bridgehead atoms. The van der Waals surface area contributed by atoms with E-state index in [1.165, 1.54) is 44.0 Å². The second kappa shape index (κ2) is 17.9. The van der Waals surface area contributed by atoms with Crippen LogP contribution in [0.3, 0.4) is 0 Å². The highest BCUT2D eigenvalue weighted by Crippen LogP contribution is 2.43. The normalized spacial score (nSPS) is 20.6. The number of Topliss-reactive ketones (excluding diaryl/α,β-unsaturated/α-hetero) is 1. The number of hydrogen-bond donors (Lipinski definition) is 3. The van der Waals surface area contributed by atoms with Crippen molar-refractivity contribution >= 4 is 68.0 Å². The van der Waals surface area contributed by atoms with Crippen LogP contribution in [0.1, 0.15) is 82.2 Å². The first-order valence-corrected chi connectivity index (χ1v) is 24.7. The number of amides is 4. The van der Waals surface area contributed by atoms with Crippen LogP contribution in [0.15, 0.2) is 73.1 Å². The van der Waals surface area contributed by atoms with Gasteiger partial charge in [0.2, 0.25) is 17.6 Å². The van der Waals surface area contributed by atoms with Crippen molar-refractivity contribution < 1.29 is 60.2 Å². The van der Waals surface area contributed by atoms with Crippen LogP contribution >= 0.6 is 0 Å². The van der Waals surface area contributed by atoms with Gasteiger partial charge in [-0.3, -0.25) is 34.2 Å². The number of H-pyrrole nitrogens is 1. The van der Waals surface area contributed by atoms with Gasteiger partial charge in [-0.2, -0.15) is 17.0 Å². The number of carbonyl (C=O) groups excluding carboxylic acids is 6. The maximum absolute atomic E-state index is 16.6. The number of benzene rings is 3. The second-order valence-corrected chi connectivity index (χ2v) is 21.9. The summed E-state index contributed by atoms with van der Waals surface area (Å²) in [4.78, 5) is 90.9. The van der Waals surface area contributed by atoms with Crippen LogP contribution in [-0.4, -0.2) is 143 Å². The van der Waals surface area contributed by atoms with Crippen LogP contribution in [0, 0.1) is 17.0 Å². The summed E-state index contributed by atoms with van der Waals surface area (Å²) in [7, 11) is -4.98. The predicted molar refractivity (Wildman–Crippen MR) is 254 cm³/mol. The van der Waals surface area contributed by atoms with Crippen LogP contribution in [0.4, 0.5) is 29.3 Å². The Morgan fingerprint density at radius 1 is 0.972 bits per heavy atom. The Hall–Kier alpha value is -7.01. The third-order valence-corrected chi connectivity index (χ3v) is 15.6. The van der Waals surface area contributed by atoms with E-state index in [2.05, 4.69) is 20.2 Å². The number of aliphatic hydroxyl groups excluding tert-OH is 1. The molecular formula is C50H49F3N8O10S. The van der Waals surface area contributed by atoms with Crippen molar-refractivity contribution in [3.63, 3.8) is 0 Å². The van der Waals surface area contributed by atoms with Crippen molar-refractivity contribution in [2.75, 3.05) is 55.0 Å². The SMILES string of the molecule is CC(C)(C)OC(=O)N(c1ccc(F)c(C(=O)c2c[nH]c3ncc(-c4ccc(N5CC6(CN(C[C@@H](O)C(=O)c7ccc8c(c7)CN(C7CCC(=O)NC7=O)C8=O)C6)C5)cc4)cc23)c1F)S(=O)(=O)N1CC[C@@H](F)C1. The van der Waals surface area contributed by atoms with Crippen LogP contribution in [0.5, 0.6) is 0 Å². The summed E-state index contributed by atoms with van der Waals surface area (Å²) in [6.07, 6.45) is -1.39. The number of aliphatic hydroxyl groups is 1. The third kappa shape index (κ3) is 8.79. The third-order valence-electron chi connectivity index (χ3n) is 13.8. The van der Waals surface area contributed by atoms with E-state index in [9.17, 15) is 46.7 Å². The van der Waals surface area contributed by atoms with E-state index in [1.807, 2.05) is 29.2 Å². The number of imide groups is 1. The monoisotopic (exact) mass is 1010 g/mol. The van der Waals surface area contributed by atoms with Gasteiger partial charge < -0.3 is 24.6 Å². The number of likely N-dealkylation sites (tertiary alicyclic amines) is 1. The number of anilines is 2. The summed E-state index contributed by atoms with van der Waals surface area (Å²) < 4.78 is 79.9. The number of piperidine rings is 1. The molecule has 1 unspecified atom stereocenters. The average Bonchev–Trinajstić information content (AvgIpc) is 4.03. The highest BCUT2D eigenvalue weighted by Gasteiger charge is 2.52. The number of β-amino-alcohol motifs (C(OH)–C–C–N with tert-alkyl or cyclic N) is 1. The van der Waals surface area contributed by atoms with Gasteiger partial charge in [0.15, 0.2) is 11.6 Å². The van der Waals surface area contributed by atoms with Gasteiger partial charge in [-0.05, 0) is 87.2 Å². The van der Waals surface area contributed by atoms with E-state index in [0.29, 0.717) is 51.8 Å². The average molecular weight is 1010 g/mol. The van der Waals surface area contributed by atoms with Crippen molar-refractivity contribution in [3.8, 4) is 11.1 Å². The first-order chi connectivity index (χ1) is 34.1. The highest BCUT2D eigenvalue weighted by molar-refractivity contribution is 7.91. The summed E-state index contributed by atoms with van der Waals surface area (Å²) in [6, 6.07) is 14.4. The lowest BCUT2D eigenvalue weighted by Gasteiger charge is -2.61. The van der Waals surface area contributed by atoms with Crippen LogP contribution < -0.4 is 14.5 Å². The zero-order valence-corrected chi connectivity index (χ0v) is 40.1. The Morgan fingerprint density at radius 3 is 2.39 bits per heavy atom. The number of fused-ring (bicyclic) bond motifs is 2. The van der Waals surface area contributed by atoms with Gasteiger partial charge in [0.1, 0.15) is 41.1 Å². The van der Waals surface area contributed by atoms with E-state index < -0.39 is 87.1 Å². The minimum atomic E-state index is -4.98. The predicted octanol–water partition coefficient (Wildman–Crippen LogP) is 4.90. The van der Waals surface area contributed by atoms with Crippen molar-refractivity contribution in [2.24, 2.45) is 5.41 Å². The van der Waals surface area contributed by atoms with Crippen molar-refractivity contribution in [2.45, 2.75) is 70.5 Å². The van der Waals surface area contributed by atoms with Crippen molar-refractivity contribution in [1.29, 1.82) is 0 Å². The topological polar surface area (TPSA) is 223 Å². The van der Waals surface area contributed by atoms with E-state index in [4.69, 9.17) is 4.74 Å². The summed E-state index contributed by atoms with van der Waals surface area (Å²) in [5.41, 5.74) is 0.0798. The molecule has 0 saturated carbocycles. The molecule has 1 spiro atoms. The molecule has 10 rings (SSSR count). The maximum atomic E-state index is 16.6. The Balaban J connectivity index is 0.778. The molecule has 376 valence electrons. The minimum Gasteiger partial charge on any atom is -0.443 e. The summed E-state index contributed by atoms with van der Waals surface area (Å²) in [6.45, 7) is 6.52.